The first kappa shape index (κ1) is 24.2. The molecule has 3 rings (SSSR count). The van der Waals surface area contributed by atoms with Crippen molar-refractivity contribution in [2.24, 2.45) is 0 Å². The van der Waals surface area contributed by atoms with Crippen LogP contribution >= 0.6 is 104 Å². The lowest BCUT2D eigenvalue weighted by molar-refractivity contribution is -0.176. The average Bonchev–Trinajstić information content (AvgIpc) is 3.30. The molecule has 0 radical (unpaired) electrons. The Hall–Kier alpha value is 0.180. The van der Waals surface area contributed by atoms with E-state index in [4.69, 9.17) is 63.5 Å². The summed E-state index contributed by atoms with van der Waals surface area (Å²) < 4.78 is 22.3. The fraction of sp³-hybridized carbons (Fsp3) is 0.333. The average molecular weight is 535 g/mol. The summed E-state index contributed by atoms with van der Waals surface area (Å²) in [4.78, 5) is 0. The Morgan fingerprint density at radius 1 is 0.846 bits per heavy atom. The summed E-state index contributed by atoms with van der Waals surface area (Å²) in [6, 6.07) is 0. The zero-order chi connectivity index (χ0) is 20.8. The third-order valence-electron chi connectivity index (χ3n) is 1.47. The SMILES string of the molecule is C.C.OO.S=c1[nH][nH]c(=S)s1.S=c1[nH]nc(SSc2n[nH]c(=S)s2)s1.[2H]C([2H])[3H]. The van der Waals surface area contributed by atoms with Gasteiger partial charge in [-0.25, -0.2) is 0 Å². The smallest absolute Gasteiger partial charge is 0.183 e. The van der Waals surface area contributed by atoms with Crippen molar-refractivity contribution >= 4 is 104 Å². The van der Waals surface area contributed by atoms with Crippen LogP contribution in [0.25, 0.3) is 0 Å². The Bertz CT molecular complexity index is 897. The molecular formula is C9H18N6O2S9. The first-order chi connectivity index (χ1) is 12.8. The Kier molecular flexibility index (Phi) is 16.1. The van der Waals surface area contributed by atoms with Crippen molar-refractivity contribution in [2.45, 2.75) is 30.9 Å². The van der Waals surface area contributed by atoms with Gasteiger partial charge in [0, 0.05) is 4.11 Å². The molecule has 26 heavy (non-hydrogen) atoms. The van der Waals surface area contributed by atoms with Crippen LogP contribution in [0, 0.1) is 15.8 Å². The number of hydrogen-bond donors (Lipinski definition) is 6. The van der Waals surface area contributed by atoms with Crippen molar-refractivity contribution in [3.8, 4) is 0 Å². The van der Waals surface area contributed by atoms with E-state index >= 15 is 0 Å². The van der Waals surface area contributed by atoms with Crippen molar-refractivity contribution in [3.63, 3.8) is 0 Å². The van der Waals surface area contributed by atoms with Crippen LogP contribution in [0.3, 0.4) is 0 Å². The third-order valence-corrected chi connectivity index (χ3v) is 7.90. The second kappa shape index (κ2) is 17.3. The van der Waals surface area contributed by atoms with Crippen LogP contribution in [-0.2, 0) is 0 Å². The molecule has 0 aromatic carbocycles. The van der Waals surface area contributed by atoms with Gasteiger partial charge < -0.3 is 0 Å². The number of H-pyrrole nitrogens is 4. The van der Waals surface area contributed by atoms with Gasteiger partial charge in [0.05, 0.1) is 0 Å². The van der Waals surface area contributed by atoms with Gasteiger partial charge in [-0.3, -0.25) is 30.9 Å². The van der Waals surface area contributed by atoms with E-state index in [9.17, 15) is 0 Å². The summed E-state index contributed by atoms with van der Waals surface area (Å²) in [6.07, 6.45) is 0. The van der Waals surface area contributed by atoms with E-state index in [1.165, 1.54) is 55.6 Å². The first-order valence-corrected chi connectivity index (χ1v) is 11.2. The normalized spacial score (nSPS) is 9.88. The number of aromatic amines is 4. The zero-order valence-corrected chi connectivity index (χ0v) is 18.4. The number of aromatic nitrogens is 6. The van der Waals surface area contributed by atoms with Gasteiger partial charge in [0.25, 0.3) is 0 Å². The summed E-state index contributed by atoms with van der Waals surface area (Å²) >= 11 is 23.5. The van der Waals surface area contributed by atoms with Crippen molar-refractivity contribution < 1.29 is 14.6 Å². The molecule has 0 atom stereocenters. The van der Waals surface area contributed by atoms with Crippen LogP contribution in [0.1, 0.15) is 26.3 Å². The van der Waals surface area contributed by atoms with E-state index in [2.05, 4.69) is 30.6 Å². The minimum atomic E-state index is -1.42. The number of nitrogens with zero attached hydrogens (tertiary/aromatic N) is 2. The fourth-order valence-corrected chi connectivity index (χ4v) is 6.47. The first-order valence-electron chi connectivity index (χ1n) is 6.69. The van der Waals surface area contributed by atoms with E-state index in [1.807, 2.05) is 0 Å². The summed E-state index contributed by atoms with van der Waals surface area (Å²) in [5.74, 6) is 0. The van der Waals surface area contributed by atoms with E-state index in [0.29, 0.717) is 15.8 Å². The van der Waals surface area contributed by atoms with Crippen molar-refractivity contribution in [1.82, 2.24) is 30.6 Å². The van der Waals surface area contributed by atoms with Crippen LogP contribution in [0.4, 0.5) is 0 Å². The molecule has 3 heterocycles. The molecule has 6 N–H and O–H groups in total. The lowest BCUT2D eigenvalue weighted by atomic mass is 11.6. The molecule has 0 aliphatic carbocycles. The van der Waals surface area contributed by atoms with E-state index in [-0.39, 0.29) is 14.9 Å². The van der Waals surface area contributed by atoms with Crippen molar-refractivity contribution in [1.29, 1.82) is 0 Å². The fourth-order valence-electron chi connectivity index (χ4n) is 0.812. The summed E-state index contributed by atoms with van der Waals surface area (Å²) in [7, 11) is 1.61. The molecule has 150 valence electrons. The maximum atomic E-state index is 6.00. The summed E-state index contributed by atoms with van der Waals surface area (Å²) in [5.41, 5.74) is 0. The zero-order valence-electron chi connectivity index (χ0n) is 14.0. The Labute approximate surface area is 195 Å². The maximum Gasteiger partial charge on any atom is 0.183 e. The largest absolute Gasteiger partial charge is 0.281 e. The van der Waals surface area contributed by atoms with Crippen LogP contribution in [0.5, 0.6) is 0 Å². The van der Waals surface area contributed by atoms with Gasteiger partial charge in [0.2, 0.25) is 0 Å². The minimum absolute atomic E-state index is 0. The Balaban J connectivity index is -0.000000384. The lowest BCUT2D eigenvalue weighted by Gasteiger charge is -1.87. The van der Waals surface area contributed by atoms with Gasteiger partial charge in [-0.15, -0.1) is 0 Å². The molecule has 3 aromatic heterocycles. The molecule has 0 saturated heterocycles. The number of hydrogen-bond acceptors (Lipinski definition) is 13. The van der Waals surface area contributed by atoms with E-state index < -0.39 is 7.35 Å². The number of nitrogens with one attached hydrogen (secondary N) is 4. The lowest BCUT2D eigenvalue weighted by Crippen LogP contribution is -1.68. The number of rotatable bonds is 3. The van der Waals surface area contributed by atoms with Gasteiger partial charge in [-0.05, 0) is 70.5 Å². The molecule has 0 bridgehead atoms. The quantitative estimate of drug-likeness (QED) is 0.0880. The third kappa shape index (κ3) is 12.5. The van der Waals surface area contributed by atoms with Gasteiger partial charge in [-0.1, -0.05) is 56.2 Å². The molecule has 17 heteroatoms. The van der Waals surface area contributed by atoms with E-state index in [0.717, 1.165) is 8.68 Å². The minimum Gasteiger partial charge on any atom is -0.281 e. The molecule has 0 aliphatic rings. The van der Waals surface area contributed by atoms with Crippen LogP contribution < -0.4 is 0 Å². The van der Waals surface area contributed by atoms with Crippen LogP contribution in [0.15, 0.2) is 8.68 Å². The molecule has 0 unspecified atom stereocenters. The Morgan fingerprint density at radius 2 is 1.19 bits per heavy atom. The topological polar surface area (TPSA) is 129 Å². The Morgan fingerprint density at radius 3 is 1.38 bits per heavy atom. The molecule has 3 aromatic rings. The highest BCUT2D eigenvalue weighted by Gasteiger charge is 2.03. The molecule has 0 saturated carbocycles. The van der Waals surface area contributed by atoms with Crippen LogP contribution in [-0.4, -0.2) is 41.1 Å². The van der Waals surface area contributed by atoms with Gasteiger partial charge in [0.15, 0.2) is 24.5 Å². The van der Waals surface area contributed by atoms with Gasteiger partial charge in [-0.2, -0.15) is 10.2 Å². The maximum absolute atomic E-state index is 6.00. The predicted molar refractivity (Wildman–Crippen MR) is 126 cm³/mol. The second-order valence-electron chi connectivity index (χ2n) is 2.85. The summed E-state index contributed by atoms with van der Waals surface area (Å²) in [6.45, 7) is 0. The molecular weight excluding hydrogens is 513 g/mol. The van der Waals surface area contributed by atoms with Crippen molar-refractivity contribution in [2.75, 3.05) is 0 Å². The molecule has 0 fully saturated rings. The standard InChI is InChI=1S/C4H2N4S6.C2H2N2S3.3CH4.H2O2/c9-1-5-7-3(11-1)13-14-4-8-6-2(10)12-4;5-1-3-4-2(6)7-1;;;;1-2/h(H,5,9)(H,6,10);(H,3,5)(H,4,6);3*1H4;1-2H/i;;1TD2;;;. The molecule has 0 aliphatic heterocycles. The molecule has 0 spiro atoms. The van der Waals surface area contributed by atoms with Crippen LogP contribution in [0.2, 0.25) is 0 Å². The van der Waals surface area contributed by atoms with Gasteiger partial charge >= 0.3 is 0 Å². The molecule has 8 nitrogen and oxygen atoms in total. The predicted octanol–water partition coefficient (Wildman–Crippen LogP) is 7.30. The highest BCUT2D eigenvalue weighted by atomic mass is 33.1. The van der Waals surface area contributed by atoms with Crippen molar-refractivity contribution in [3.05, 3.63) is 15.8 Å². The van der Waals surface area contributed by atoms with Gasteiger partial charge in [0.1, 0.15) is 0 Å². The highest BCUT2D eigenvalue weighted by molar-refractivity contribution is 8.77. The highest BCUT2D eigenvalue weighted by Crippen LogP contribution is 2.38. The summed E-state index contributed by atoms with van der Waals surface area (Å²) in [5, 5.41) is 30.8. The monoisotopic (exact) mass is 534 g/mol. The van der Waals surface area contributed by atoms with E-state index in [1.54, 1.807) is 0 Å². The molecule has 0 amide bonds. The second-order valence-corrected chi connectivity index (χ2v) is 11.2.